The van der Waals surface area contributed by atoms with E-state index in [-0.39, 0.29) is 16.6 Å². The Morgan fingerprint density at radius 1 is 0.849 bits per heavy atom. The molecule has 0 saturated carbocycles. The lowest BCUT2D eigenvalue weighted by molar-refractivity contribution is -0.438. The lowest BCUT2D eigenvalue weighted by Crippen LogP contribution is -2.28. The normalized spacial score (nSPS) is 19.5. The number of thioether (sulfide) groups is 1. The molecule has 53 heavy (non-hydrogen) atoms. The number of hydrogen-bond donors (Lipinski definition) is 2. The van der Waals surface area contributed by atoms with Gasteiger partial charge in [0, 0.05) is 63.0 Å². The van der Waals surface area contributed by atoms with Crippen molar-refractivity contribution in [1.82, 2.24) is 0 Å². The third-order valence-electron chi connectivity index (χ3n) is 11.1. The second-order valence-corrected chi connectivity index (χ2v) is 18.3. The molecule has 3 N–H and O–H groups in total. The van der Waals surface area contributed by atoms with Gasteiger partial charge in [0.15, 0.2) is 5.71 Å². The molecule has 2 heterocycles. The first-order valence-corrected chi connectivity index (χ1v) is 21.7. The van der Waals surface area contributed by atoms with Gasteiger partial charge in [0.1, 0.15) is 6.54 Å². The Bertz CT molecular complexity index is 2090. The summed E-state index contributed by atoms with van der Waals surface area (Å²) >= 11 is 1.82. The van der Waals surface area contributed by atoms with Crippen LogP contribution in [0.5, 0.6) is 0 Å². The average Bonchev–Trinajstić information content (AvgIpc) is 3.47. The highest BCUT2D eigenvalue weighted by Gasteiger charge is 2.44. The Kier molecular flexibility index (Phi) is 11.9. The molecule has 0 saturated heterocycles. The quantitative estimate of drug-likeness (QED) is 0.0738. The number of anilines is 2. The van der Waals surface area contributed by atoms with Gasteiger partial charge < -0.3 is 10.6 Å². The number of allylic oxidation sites excluding steroid dienone is 7. The molecule has 6 rings (SSSR count). The summed E-state index contributed by atoms with van der Waals surface area (Å²) in [6.07, 6.45) is 17.1. The fourth-order valence-electron chi connectivity index (χ4n) is 8.20. The molecule has 0 aromatic heterocycles. The zero-order chi connectivity index (χ0) is 37.8. The molecule has 0 bridgehead atoms. The fourth-order valence-corrected chi connectivity index (χ4v) is 9.88. The van der Waals surface area contributed by atoms with Crippen LogP contribution in [-0.2, 0) is 20.9 Å². The topological polar surface area (TPSA) is 86.6 Å². The van der Waals surface area contributed by atoms with E-state index >= 15 is 0 Å². The molecule has 3 aromatic carbocycles. The van der Waals surface area contributed by atoms with Gasteiger partial charge in [-0.15, -0.1) is 0 Å². The van der Waals surface area contributed by atoms with Crippen molar-refractivity contribution in [3.8, 4) is 0 Å². The second kappa shape index (κ2) is 16.3. The van der Waals surface area contributed by atoms with Gasteiger partial charge in [-0.3, -0.25) is 4.55 Å². The van der Waals surface area contributed by atoms with E-state index < -0.39 is 10.1 Å². The maximum absolute atomic E-state index is 11.5. The Morgan fingerprint density at radius 3 is 2.30 bits per heavy atom. The lowest BCUT2D eigenvalue weighted by atomic mass is 9.81. The van der Waals surface area contributed by atoms with Gasteiger partial charge >= 0.3 is 0 Å². The van der Waals surface area contributed by atoms with Crippen molar-refractivity contribution in [2.45, 2.75) is 102 Å². The third-order valence-corrected chi connectivity index (χ3v) is 13.1. The van der Waals surface area contributed by atoms with E-state index in [4.69, 9.17) is 5.73 Å². The van der Waals surface area contributed by atoms with Crippen molar-refractivity contribution in [3.05, 3.63) is 130 Å². The summed E-state index contributed by atoms with van der Waals surface area (Å²) in [4.78, 5) is 4.81. The lowest BCUT2D eigenvalue weighted by Gasteiger charge is -2.27. The summed E-state index contributed by atoms with van der Waals surface area (Å²) in [6.45, 7) is 13.2. The van der Waals surface area contributed by atoms with Gasteiger partial charge in [-0.25, -0.2) is 0 Å². The maximum Gasteiger partial charge on any atom is 0.264 e. The predicted octanol–water partition coefficient (Wildman–Crippen LogP) is 10.9. The highest BCUT2D eigenvalue weighted by molar-refractivity contribution is 8.03. The first kappa shape index (κ1) is 38.9. The first-order valence-electron chi connectivity index (χ1n) is 19.2. The van der Waals surface area contributed by atoms with Crippen LogP contribution in [0.3, 0.4) is 0 Å². The molecule has 0 unspecified atom stereocenters. The highest BCUT2D eigenvalue weighted by Crippen LogP contribution is 2.49. The summed E-state index contributed by atoms with van der Waals surface area (Å²) in [6, 6.07) is 25.6. The van der Waals surface area contributed by atoms with Gasteiger partial charge in [-0.2, -0.15) is 13.0 Å². The number of unbranched alkanes of at least 4 members (excludes halogenated alkanes) is 3. The van der Waals surface area contributed by atoms with Gasteiger partial charge in [0.25, 0.3) is 10.1 Å². The van der Waals surface area contributed by atoms with Crippen molar-refractivity contribution >= 4 is 44.7 Å². The van der Waals surface area contributed by atoms with Gasteiger partial charge in [-0.1, -0.05) is 87.5 Å². The Morgan fingerprint density at radius 2 is 1.57 bits per heavy atom. The Labute approximate surface area is 322 Å². The van der Waals surface area contributed by atoms with Crippen LogP contribution < -0.4 is 10.6 Å². The number of fused-ring (bicyclic) bond motifs is 2. The number of nitrogens with two attached hydrogens (primary N) is 1. The molecule has 1 aliphatic carbocycles. The van der Waals surface area contributed by atoms with Crippen molar-refractivity contribution < 1.29 is 17.5 Å². The summed E-state index contributed by atoms with van der Waals surface area (Å²) in [7, 11) is -3.99. The molecule has 3 aromatic rings. The van der Waals surface area contributed by atoms with E-state index in [1.807, 2.05) is 23.9 Å². The number of para-hydroxylation sites is 2. The van der Waals surface area contributed by atoms with Crippen LogP contribution in [-0.4, -0.2) is 42.1 Å². The zero-order valence-electron chi connectivity index (χ0n) is 32.1. The Hall–Kier alpha value is -3.85. The van der Waals surface area contributed by atoms with Crippen LogP contribution >= 0.6 is 11.8 Å². The van der Waals surface area contributed by atoms with Crippen molar-refractivity contribution in [2.24, 2.45) is 0 Å². The number of hydrogen-bond acceptors (Lipinski definition) is 5. The van der Waals surface area contributed by atoms with E-state index in [1.165, 1.54) is 63.5 Å². The van der Waals surface area contributed by atoms with Gasteiger partial charge in [0.2, 0.25) is 5.69 Å². The van der Waals surface area contributed by atoms with Crippen molar-refractivity contribution in [2.75, 3.05) is 29.5 Å². The molecule has 0 spiro atoms. The van der Waals surface area contributed by atoms with Crippen LogP contribution in [0.15, 0.2) is 124 Å². The molecule has 3 aliphatic rings. The summed E-state index contributed by atoms with van der Waals surface area (Å²) in [5.41, 5.74) is 16.9. The van der Waals surface area contributed by atoms with Crippen LogP contribution in [0.4, 0.5) is 17.1 Å². The molecule has 2 aliphatic heterocycles. The number of rotatable bonds is 14. The molecular weight excluding hydrogens is 695 g/mol. The number of benzene rings is 3. The van der Waals surface area contributed by atoms with E-state index in [1.54, 1.807) is 0 Å². The van der Waals surface area contributed by atoms with Gasteiger partial charge in [-0.05, 0) is 105 Å². The highest BCUT2D eigenvalue weighted by atomic mass is 32.2. The second-order valence-electron chi connectivity index (χ2n) is 15.6. The minimum Gasteiger partial charge on any atom is -0.399 e. The van der Waals surface area contributed by atoms with E-state index in [9.17, 15) is 13.0 Å². The Balaban J connectivity index is 1.41. The first-order chi connectivity index (χ1) is 25.3. The van der Waals surface area contributed by atoms with E-state index in [2.05, 4.69) is 129 Å². The fraction of sp³-hybridized carbons (Fsp3) is 0.400. The van der Waals surface area contributed by atoms with Crippen molar-refractivity contribution in [1.29, 1.82) is 0 Å². The largest absolute Gasteiger partial charge is 0.399 e. The molecule has 0 fully saturated rings. The number of nitrogens with zero attached hydrogens (tertiary/aromatic N) is 2. The molecular formula is C45H56N3O3S2+. The summed E-state index contributed by atoms with van der Waals surface area (Å²) in [5.74, 6) is -0.222. The summed E-state index contributed by atoms with van der Waals surface area (Å²) in [5, 5.41) is 0. The van der Waals surface area contributed by atoms with Crippen LogP contribution in [0.25, 0.3) is 0 Å². The summed E-state index contributed by atoms with van der Waals surface area (Å²) < 4.78 is 34.8. The monoisotopic (exact) mass is 750 g/mol. The maximum atomic E-state index is 11.5. The molecule has 0 radical (unpaired) electrons. The number of nitrogen functional groups attached to an aromatic ring is 1. The van der Waals surface area contributed by atoms with Crippen LogP contribution in [0, 0.1) is 0 Å². The molecule has 280 valence electrons. The molecule has 0 amide bonds. The molecule has 0 atom stereocenters. The van der Waals surface area contributed by atoms with Crippen LogP contribution in [0.2, 0.25) is 0 Å². The minimum atomic E-state index is -3.99. The minimum absolute atomic E-state index is 0.101. The predicted molar refractivity (Wildman–Crippen MR) is 224 cm³/mol. The van der Waals surface area contributed by atoms with E-state index in [0.717, 1.165) is 42.1 Å². The smallest absolute Gasteiger partial charge is 0.264 e. The third kappa shape index (κ3) is 8.61. The van der Waals surface area contributed by atoms with Crippen LogP contribution in [0.1, 0.15) is 97.1 Å². The molecule has 6 nitrogen and oxygen atoms in total. The zero-order valence-corrected chi connectivity index (χ0v) is 33.7. The standard InChI is InChI=1S/C45H55N3O3S2/c1-6-7-12-30-47-39-20-10-8-18-37(39)44(2,3)41(47)28-22-33-16-15-17-34(43(33)52-36-26-24-35(46)25-27-36)23-29-42-45(4,5)38-19-9-11-21-40(38)48(42)31-13-14-32-53(49,50)51/h8-11,18-29H,6-7,12-17,30-32,46H2,1-5H3/p+1. The SMILES string of the molecule is CCCCC[N+]1=C(C=CC2=C(Sc3ccc(N)cc3)C(=CC=C3N(CCCCS(=O)(=O)O)c4ccccc4C3(C)C)CCC2)C(C)(C)c2ccccc21. The average molecular weight is 751 g/mol. The van der Waals surface area contributed by atoms with E-state index in [0.29, 0.717) is 19.4 Å². The van der Waals surface area contributed by atoms with Gasteiger partial charge in [0.05, 0.1) is 11.2 Å². The van der Waals surface area contributed by atoms with Crippen molar-refractivity contribution in [3.63, 3.8) is 0 Å². The molecule has 8 heteroatoms.